The van der Waals surface area contributed by atoms with E-state index in [0.717, 1.165) is 51.1 Å². The normalized spacial score (nSPS) is 15.2. The first kappa shape index (κ1) is 17.4. The average molecular weight is 338 g/mol. The lowest BCUT2D eigenvalue weighted by Gasteiger charge is -2.30. The molecule has 1 N–H and O–H groups in total. The Labute approximate surface area is 149 Å². The Balaban J connectivity index is 1.50. The van der Waals surface area contributed by atoms with Crippen LogP contribution in [0.15, 0.2) is 42.7 Å². The van der Waals surface area contributed by atoms with Crippen LogP contribution in [0.4, 0.5) is 5.82 Å². The van der Waals surface area contributed by atoms with Gasteiger partial charge in [-0.3, -0.25) is 4.79 Å². The zero-order valence-corrected chi connectivity index (χ0v) is 14.8. The third kappa shape index (κ3) is 5.02. The zero-order chi connectivity index (χ0) is 17.5. The minimum atomic E-state index is 0.0154. The van der Waals surface area contributed by atoms with Crippen molar-refractivity contribution in [3.63, 3.8) is 0 Å². The molecule has 5 heteroatoms. The number of piperidine rings is 1. The van der Waals surface area contributed by atoms with Crippen molar-refractivity contribution in [1.82, 2.24) is 14.9 Å². The highest BCUT2D eigenvalue weighted by Crippen LogP contribution is 2.18. The molecule has 0 atom stereocenters. The summed E-state index contributed by atoms with van der Waals surface area (Å²) in [7, 11) is 0. The van der Waals surface area contributed by atoms with Gasteiger partial charge in [-0.25, -0.2) is 9.97 Å². The van der Waals surface area contributed by atoms with Gasteiger partial charge >= 0.3 is 0 Å². The number of hydrogen-bond acceptors (Lipinski definition) is 4. The molecular weight excluding hydrogens is 312 g/mol. The third-order valence-corrected chi connectivity index (χ3v) is 4.75. The van der Waals surface area contributed by atoms with Crippen molar-refractivity contribution in [2.45, 2.75) is 32.6 Å². The first-order valence-electron chi connectivity index (χ1n) is 9.11. The smallest absolute Gasteiger partial charge is 0.272 e. The van der Waals surface area contributed by atoms with E-state index in [1.54, 1.807) is 6.07 Å². The molecule has 1 amide bonds. The minimum absolute atomic E-state index is 0.0154. The van der Waals surface area contributed by atoms with Gasteiger partial charge in [0.05, 0.1) is 0 Å². The van der Waals surface area contributed by atoms with Crippen molar-refractivity contribution in [3.05, 3.63) is 54.0 Å². The number of carbonyl (C=O) groups excluding carboxylic acids is 1. The van der Waals surface area contributed by atoms with Gasteiger partial charge in [0, 0.05) is 25.7 Å². The molecule has 0 bridgehead atoms. The molecule has 132 valence electrons. The largest absolute Gasteiger partial charge is 0.370 e. The second-order valence-electron chi connectivity index (χ2n) is 6.78. The van der Waals surface area contributed by atoms with E-state index in [4.69, 9.17) is 0 Å². The maximum atomic E-state index is 12.6. The Morgan fingerprint density at radius 3 is 2.72 bits per heavy atom. The van der Waals surface area contributed by atoms with Gasteiger partial charge < -0.3 is 10.2 Å². The average Bonchev–Trinajstić information content (AvgIpc) is 2.66. The van der Waals surface area contributed by atoms with Gasteiger partial charge in [0.15, 0.2) is 0 Å². The first-order valence-corrected chi connectivity index (χ1v) is 9.11. The molecule has 3 rings (SSSR count). The van der Waals surface area contributed by atoms with Gasteiger partial charge in [-0.1, -0.05) is 37.3 Å². The summed E-state index contributed by atoms with van der Waals surface area (Å²) in [6.07, 6.45) is 5.65. The van der Waals surface area contributed by atoms with Crippen LogP contribution in [0, 0.1) is 5.92 Å². The molecule has 1 fully saturated rings. The Hall–Kier alpha value is -2.43. The predicted octanol–water partition coefficient (Wildman–Crippen LogP) is 3.39. The minimum Gasteiger partial charge on any atom is -0.370 e. The van der Waals surface area contributed by atoms with Gasteiger partial charge in [0.2, 0.25) is 0 Å². The van der Waals surface area contributed by atoms with Crippen LogP contribution in [-0.4, -0.2) is 40.4 Å². The molecule has 25 heavy (non-hydrogen) atoms. The molecule has 5 nitrogen and oxygen atoms in total. The summed E-state index contributed by atoms with van der Waals surface area (Å²) in [5.41, 5.74) is 1.82. The van der Waals surface area contributed by atoms with Crippen molar-refractivity contribution in [2.75, 3.05) is 25.0 Å². The molecule has 1 saturated heterocycles. The van der Waals surface area contributed by atoms with Crippen LogP contribution in [0.25, 0.3) is 0 Å². The Kier molecular flexibility index (Phi) is 5.99. The summed E-state index contributed by atoms with van der Waals surface area (Å²) in [6, 6.07) is 12.2. The first-order chi connectivity index (χ1) is 12.2. The van der Waals surface area contributed by atoms with Crippen LogP contribution in [0.3, 0.4) is 0 Å². The molecule has 0 saturated carbocycles. The summed E-state index contributed by atoms with van der Waals surface area (Å²) in [4.78, 5) is 22.9. The number of hydrogen-bond donors (Lipinski definition) is 1. The molecule has 1 aromatic heterocycles. The number of rotatable bonds is 6. The van der Waals surface area contributed by atoms with Gasteiger partial charge in [-0.2, -0.15) is 0 Å². The molecule has 1 aliphatic rings. The molecule has 0 spiro atoms. The highest BCUT2D eigenvalue weighted by Gasteiger charge is 2.22. The number of aryl methyl sites for hydroxylation is 1. The zero-order valence-electron chi connectivity index (χ0n) is 14.8. The molecule has 1 aromatic carbocycles. The van der Waals surface area contributed by atoms with E-state index in [1.807, 2.05) is 11.0 Å². The van der Waals surface area contributed by atoms with Crippen molar-refractivity contribution in [2.24, 2.45) is 5.92 Å². The van der Waals surface area contributed by atoms with Crippen LogP contribution in [0.5, 0.6) is 0 Å². The standard InChI is InChI=1S/C20H26N4O/c1-16-9-12-24(13-10-16)20(25)18-14-19(23-15-22-18)21-11-5-8-17-6-3-2-4-7-17/h2-4,6-7,14-16H,5,8-13H2,1H3,(H,21,22,23). The second kappa shape index (κ2) is 8.60. The van der Waals surface area contributed by atoms with E-state index in [2.05, 4.69) is 46.5 Å². The quantitative estimate of drug-likeness (QED) is 0.820. The lowest BCUT2D eigenvalue weighted by molar-refractivity contribution is 0.0691. The number of anilines is 1. The van der Waals surface area contributed by atoms with Gasteiger partial charge in [-0.05, 0) is 37.2 Å². The Morgan fingerprint density at radius 2 is 1.96 bits per heavy atom. The topological polar surface area (TPSA) is 58.1 Å². The summed E-state index contributed by atoms with van der Waals surface area (Å²) in [5.74, 6) is 1.44. The van der Waals surface area contributed by atoms with Crippen LogP contribution in [0.1, 0.15) is 42.2 Å². The van der Waals surface area contributed by atoms with Crippen LogP contribution >= 0.6 is 0 Å². The second-order valence-corrected chi connectivity index (χ2v) is 6.78. The van der Waals surface area contributed by atoms with Crippen molar-refractivity contribution >= 4 is 11.7 Å². The fourth-order valence-electron chi connectivity index (χ4n) is 3.10. The fourth-order valence-corrected chi connectivity index (χ4v) is 3.10. The number of carbonyl (C=O) groups is 1. The lowest BCUT2D eigenvalue weighted by atomic mass is 9.99. The van der Waals surface area contributed by atoms with E-state index in [1.165, 1.54) is 11.9 Å². The summed E-state index contributed by atoms with van der Waals surface area (Å²) in [6.45, 7) is 4.71. The third-order valence-electron chi connectivity index (χ3n) is 4.75. The Bertz CT molecular complexity index is 681. The molecule has 1 aliphatic heterocycles. The van der Waals surface area contributed by atoms with E-state index in [9.17, 15) is 4.79 Å². The predicted molar refractivity (Wildman–Crippen MR) is 99.6 cm³/mol. The van der Waals surface area contributed by atoms with E-state index in [-0.39, 0.29) is 5.91 Å². The summed E-state index contributed by atoms with van der Waals surface area (Å²) in [5, 5.41) is 3.30. The molecule has 0 aliphatic carbocycles. The van der Waals surface area contributed by atoms with Gasteiger partial charge in [-0.15, -0.1) is 0 Å². The maximum Gasteiger partial charge on any atom is 0.272 e. The van der Waals surface area contributed by atoms with E-state index < -0.39 is 0 Å². The van der Waals surface area contributed by atoms with E-state index >= 15 is 0 Å². The number of nitrogens with one attached hydrogen (secondary N) is 1. The van der Waals surface area contributed by atoms with Crippen molar-refractivity contribution in [3.8, 4) is 0 Å². The van der Waals surface area contributed by atoms with Crippen molar-refractivity contribution < 1.29 is 4.79 Å². The molecule has 0 unspecified atom stereocenters. The fraction of sp³-hybridized carbons (Fsp3) is 0.450. The number of aromatic nitrogens is 2. The molecular formula is C20H26N4O. The van der Waals surface area contributed by atoms with E-state index in [0.29, 0.717) is 11.6 Å². The van der Waals surface area contributed by atoms with Crippen LogP contribution in [0.2, 0.25) is 0 Å². The van der Waals surface area contributed by atoms with Crippen LogP contribution < -0.4 is 5.32 Å². The number of nitrogens with zero attached hydrogens (tertiary/aromatic N) is 3. The summed E-state index contributed by atoms with van der Waals surface area (Å²) < 4.78 is 0. The molecule has 2 aromatic rings. The molecule has 2 heterocycles. The highest BCUT2D eigenvalue weighted by atomic mass is 16.2. The molecule has 0 radical (unpaired) electrons. The lowest BCUT2D eigenvalue weighted by Crippen LogP contribution is -2.38. The number of likely N-dealkylation sites (tertiary alicyclic amines) is 1. The maximum absolute atomic E-state index is 12.6. The Morgan fingerprint density at radius 1 is 1.20 bits per heavy atom. The number of benzene rings is 1. The summed E-state index contributed by atoms with van der Waals surface area (Å²) >= 11 is 0. The SMILES string of the molecule is CC1CCN(C(=O)c2cc(NCCCc3ccccc3)ncn2)CC1. The van der Waals surface area contributed by atoms with Gasteiger partial charge in [0.25, 0.3) is 5.91 Å². The monoisotopic (exact) mass is 338 g/mol. The van der Waals surface area contributed by atoms with Crippen molar-refractivity contribution in [1.29, 1.82) is 0 Å². The van der Waals surface area contributed by atoms with Crippen LogP contribution in [-0.2, 0) is 6.42 Å². The highest BCUT2D eigenvalue weighted by molar-refractivity contribution is 5.92. The number of amides is 1. The van der Waals surface area contributed by atoms with Gasteiger partial charge in [0.1, 0.15) is 17.8 Å².